The van der Waals surface area contributed by atoms with Gasteiger partial charge in [-0.15, -0.1) is 0 Å². The van der Waals surface area contributed by atoms with Gasteiger partial charge in [-0.25, -0.2) is 13.1 Å². The first-order valence-electron chi connectivity index (χ1n) is 6.44. The van der Waals surface area contributed by atoms with E-state index in [2.05, 4.69) is 4.72 Å². The molecule has 21 heavy (non-hydrogen) atoms. The number of rotatable bonds is 4. The predicted molar refractivity (Wildman–Crippen MR) is 85.8 cm³/mol. The van der Waals surface area contributed by atoms with E-state index in [0.717, 1.165) is 5.56 Å². The van der Waals surface area contributed by atoms with Crippen molar-refractivity contribution in [1.82, 2.24) is 4.72 Å². The van der Waals surface area contributed by atoms with E-state index < -0.39 is 16.1 Å². The molecule has 0 saturated heterocycles. The number of nitrogens with one attached hydrogen (secondary N) is 1. The molecule has 0 radical (unpaired) electrons. The van der Waals surface area contributed by atoms with E-state index in [-0.39, 0.29) is 4.90 Å². The summed E-state index contributed by atoms with van der Waals surface area (Å²) in [6, 6.07) is 11.4. The Kier molecular flexibility index (Phi) is 4.56. The third-order valence-electron chi connectivity index (χ3n) is 3.19. The Morgan fingerprint density at radius 2 is 1.86 bits per heavy atom. The van der Waals surface area contributed by atoms with Crippen LogP contribution in [0.3, 0.4) is 0 Å². The highest BCUT2D eigenvalue weighted by Gasteiger charge is 2.21. The molecular formula is C15H17ClN2O2S. The monoisotopic (exact) mass is 324 g/mol. The van der Waals surface area contributed by atoms with Crippen LogP contribution in [0.1, 0.15) is 24.1 Å². The Hall–Kier alpha value is -1.56. The summed E-state index contributed by atoms with van der Waals surface area (Å²) in [6.07, 6.45) is 0. The smallest absolute Gasteiger partial charge is 0.241 e. The molecule has 3 N–H and O–H groups in total. The largest absolute Gasteiger partial charge is 0.399 e. The van der Waals surface area contributed by atoms with Crippen molar-refractivity contribution in [2.75, 3.05) is 5.73 Å². The Bertz CT molecular complexity index is 760. The molecule has 0 aromatic heterocycles. The van der Waals surface area contributed by atoms with E-state index in [1.165, 1.54) is 6.07 Å². The standard InChI is InChI=1S/C15H17ClN2O2S/c1-10-9-12(17)7-8-15(10)21(19,20)18-11(2)13-5-3-4-6-14(13)16/h3-9,11,18H,17H2,1-2H3. The summed E-state index contributed by atoms with van der Waals surface area (Å²) in [5.41, 5.74) is 7.52. The van der Waals surface area contributed by atoms with Crippen molar-refractivity contribution in [2.24, 2.45) is 0 Å². The first-order valence-corrected chi connectivity index (χ1v) is 8.30. The van der Waals surface area contributed by atoms with Gasteiger partial charge in [-0.05, 0) is 49.2 Å². The zero-order valence-corrected chi connectivity index (χ0v) is 13.4. The lowest BCUT2D eigenvalue weighted by atomic mass is 10.1. The summed E-state index contributed by atoms with van der Waals surface area (Å²) in [6.45, 7) is 3.47. The van der Waals surface area contributed by atoms with Gasteiger partial charge < -0.3 is 5.73 Å². The highest BCUT2D eigenvalue weighted by Crippen LogP contribution is 2.25. The van der Waals surface area contributed by atoms with Gasteiger partial charge in [0.2, 0.25) is 10.0 Å². The number of aryl methyl sites for hydroxylation is 1. The fraction of sp³-hybridized carbons (Fsp3) is 0.200. The zero-order valence-electron chi connectivity index (χ0n) is 11.8. The molecule has 0 aliphatic carbocycles. The van der Waals surface area contributed by atoms with Gasteiger partial charge in [-0.1, -0.05) is 29.8 Å². The molecule has 2 rings (SSSR count). The highest BCUT2D eigenvalue weighted by molar-refractivity contribution is 7.89. The van der Waals surface area contributed by atoms with Crippen LogP contribution in [-0.2, 0) is 10.0 Å². The van der Waals surface area contributed by atoms with Crippen molar-refractivity contribution in [2.45, 2.75) is 24.8 Å². The second kappa shape index (κ2) is 6.05. The summed E-state index contributed by atoms with van der Waals surface area (Å²) in [5, 5.41) is 0.529. The fourth-order valence-corrected chi connectivity index (χ4v) is 3.91. The molecule has 1 unspecified atom stereocenters. The van der Waals surface area contributed by atoms with Crippen molar-refractivity contribution in [1.29, 1.82) is 0 Å². The molecule has 2 aromatic carbocycles. The Morgan fingerprint density at radius 3 is 2.48 bits per heavy atom. The Labute approximate surface area is 130 Å². The van der Waals surface area contributed by atoms with Crippen LogP contribution >= 0.6 is 11.6 Å². The molecule has 0 aliphatic rings. The van der Waals surface area contributed by atoms with Crippen LogP contribution in [0, 0.1) is 6.92 Å². The first kappa shape index (κ1) is 15.8. The summed E-state index contributed by atoms with van der Waals surface area (Å²) in [5.74, 6) is 0. The van der Waals surface area contributed by atoms with Gasteiger partial charge in [-0.2, -0.15) is 0 Å². The van der Waals surface area contributed by atoms with Gasteiger partial charge in [0.25, 0.3) is 0 Å². The molecule has 0 bridgehead atoms. The van der Waals surface area contributed by atoms with Crippen LogP contribution in [0.15, 0.2) is 47.4 Å². The second-order valence-electron chi connectivity index (χ2n) is 4.89. The average Bonchev–Trinajstić information content (AvgIpc) is 2.37. The highest BCUT2D eigenvalue weighted by atomic mass is 35.5. The SMILES string of the molecule is Cc1cc(N)ccc1S(=O)(=O)NC(C)c1ccccc1Cl. The van der Waals surface area contributed by atoms with Gasteiger partial charge in [0.15, 0.2) is 0 Å². The van der Waals surface area contributed by atoms with Gasteiger partial charge >= 0.3 is 0 Å². The third-order valence-corrected chi connectivity index (χ3v) is 5.24. The van der Waals surface area contributed by atoms with Gasteiger partial charge in [0, 0.05) is 16.8 Å². The number of nitrogens with two attached hydrogens (primary N) is 1. The number of anilines is 1. The molecule has 112 valence electrons. The van der Waals surface area contributed by atoms with E-state index >= 15 is 0 Å². The molecule has 0 heterocycles. The maximum absolute atomic E-state index is 12.5. The lowest BCUT2D eigenvalue weighted by Gasteiger charge is -2.17. The number of sulfonamides is 1. The maximum Gasteiger partial charge on any atom is 0.241 e. The molecular weight excluding hydrogens is 308 g/mol. The van der Waals surface area contributed by atoms with Crippen LogP contribution in [0.2, 0.25) is 5.02 Å². The van der Waals surface area contributed by atoms with Crippen molar-refractivity contribution < 1.29 is 8.42 Å². The van der Waals surface area contributed by atoms with Crippen LogP contribution in [0.25, 0.3) is 0 Å². The van der Waals surface area contributed by atoms with Gasteiger partial charge in [0.1, 0.15) is 0 Å². The minimum Gasteiger partial charge on any atom is -0.399 e. The Balaban J connectivity index is 2.31. The molecule has 0 spiro atoms. The molecule has 0 saturated carbocycles. The lowest BCUT2D eigenvalue weighted by molar-refractivity contribution is 0.566. The molecule has 0 aliphatic heterocycles. The molecule has 4 nitrogen and oxygen atoms in total. The average molecular weight is 325 g/mol. The predicted octanol–water partition coefficient (Wildman–Crippen LogP) is 3.27. The molecule has 6 heteroatoms. The minimum absolute atomic E-state index is 0.218. The number of hydrogen-bond donors (Lipinski definition) is 2. The third kappa shape index (κ3) is 3.56. The molecule has 1 atom stereocenters. The quantitative estimate of drug-likeness (QED) is 0.848. The molecule has 0 fully saturated rings. The van der Waals surface area contributed by atoms with E-state index in [9.17, 15) is 8.42 Å². The zero-order chi connectivity index (χ0) is 15.6. The van der Waals surface area contributed by atoms with Crippen LogP contribution in [-0.4, -0.2) is 8.42 Å². The minimum atomic E-state index is -3.64. The van der Waals surface area contributed by atoms with Gasteiger partial charge in [-0.3, -0.25) is 0 Å². The molecule has 0 amide bonds. The van der Waals surface area contributed by atoms with E-state index in [0.29, 0.717) is 16.3 Å². The van der Waals surface area contributed by atoms with E-state index in [1.54, 1.807) is 44.2 Å². The van der Waals surface area contributed by atoms with Gasteiger partial charge in [0.05, 0.1) is 4.90 Å². The van der Waals surface area contributed by atoms with Crippen molar-refractivity contribution in [3.8, 4) is 0 Å². The summed E-state index contributed by atoms with van der Waals surface area (Å²) >= 11 is 6.09. The summed E-state index contributed by atoms with van der Waals surface area (Å²) in [7, 11) is -3.64. The van der Waals surface area contributed by atoms with E-state index in [1.807, 2.05) is 6.07 Å². The number of hydrogen-bond acceptors (Lipinski definition) is 3. The number of nitrogen functional groups attached to an aromatic ring is 1. The van der Waals surface area contributed by atoms with Crippen LogP contribution < -0.4 is 10.5 Å². The second-order valence-corrected chi connectivity index (χ2v) is 6.98. The summed E-state index contributed by atoms with van der Waals surface area (Å²) in [4.78, 5) is 0.218. The summed E-state index contributed by atoms with van der Waals surface area (Å²) < 4.78 is 27.6. The van der Waals surface area contributed by atoms with Crippen molar-refractivity contribution in [3.63, 3.8) is 0 Å². The van der Waals surface area contributed by atoms with Crippen LogP contribution in [0.4, 0.5) is 5.69 Å². The fourth-order valence-electron chi connectivity index (χ4n) is 2.16. The van der Waals surface area contributed by atoms with Crippen LogP contribution in [0.5, 0.6) is 0 Å². The Morgan fingerprint density at radius 1 is 1.19 bits per heavy atom. The molecule has 2 aromatic rings. The lowest BCUT2D eigenvalue weighted by Crippen LogP contribution is -2.27. The first-order chi connectivity index (χ1) is 9.81. The number of halogens is 1. The van der Waals surface area contributed by atoms with E-state index in [4.69, 9.17) is 17.3 Å². The number of benzene rings is 2. The van der Waals surface area contributed by atoms with Crippen molar-refractivity contribution >= 4 is 27.3 Å². The maximum atomic E-state index is 12.5. The topological polar surface area (TPSA) is 72.2 Å². The normalized spacial score (nSPS) is 13.1. The van der Waals surface area contributed by atoms with Crippen molar-refractivity contribution in [3.05, 3.63) is 58.6 Å².